The van der Waals surface area contributed by atoms with E-state index >= 15 is 0 Å². The smallest absolute Gasteiger partial charge is 0.410 e. The quantitative estimate of drug-likeness (QED) is 0.263. The highest BCUT2D eigenvalue weighted by atomic mass is 16.6. The number of benzene rings is 2. The molecule has 2 aliphatic rings. The molecule has 5 atom stereocenters. The molecule has 13 heteroatoms. The van der Waals surface area contributed by atoms with E-state index in [4.69, 9.17) is 9.47 Å². The lowest BCUT2D eigenvalue weighted by Gasteiger charge is -2.36. The number of methoxy groups -OCH3 is 1. The largest absolute Gasteiger partial charge is 0.467 e. The molecule has 0 bridgehead atoms. The Hall–Kier alpha value is -4.94. The molecule has 0 aromatic heterocycles. The predicted octanol–water partition coefficient (Wildman–Crippen LogP) is 3.57. The van der Waals surface area contributed by atoms with E-state index in [1.165, 1.54) is 19.1 Å². The maximum atomic E-state index is 14.6. The number of nitrogens with one attached hydrogen (secondary N) is 2. The van der Waals surface area contributed by atoms with Crippen LogP contribution in [0.15, 0.2) is 48.5 Å². The number of likely N-dealkylation sites (tertiary alicyclic amines) is 1. The summed E-state index contributed by atoms with van der Waals surface area (Å²) in [5.41, 5.74) is 2.35. The van der Waals surface area contributed by atoms with Gasteiger partial charge in [-0.25, -0.2) is 9.59 Å². The predicted molar refractivity (Wildman–Crippen MR) is 198 cm³/mol. The van der Waals surface area contributed by atoms with E-state index in [1.807, 2.05) is 70.2 Å². The SMILES string of the molecule is COC(=O)[C@H](Cc1ccccc1)NC(=O)[C@@H]1CC(c2ccc3c(c2)CN(C=O)C(C)C3)CN1C(=O)[C@@H](NC(=O)CN(C)C(=O)OC(C)(C)C)C(C)(C)C. The van der Waals surface area contributed by atoms with Crippen molar-refractivity contribution in [2.45, 2.75) is 110 Å². The summed E-state index contributed by atoms with van der Waals surface area (Å²) in [4.78, 5) is 83.8. The van der Waals surface area contributed by atoms with Gasteiger partial charge in [-0.1, -0.05) is 69.3 Å². The molecular formula is C40H55N5O8. The second kappa shape index (κ2) is 16.8. The van der Waals surface area contributed by atoms with Crippen molar-refractivity contribution in [2.24, 2.45) is 5.41 Å². The minimum atomic E-state index is -1.07. The molecule has 0 aliphatic carbocycles. The van der Waals surface area contributed by atoms with Crippen molar-refractivity contribution >= 4 is 36.2 Å². The van der Waals surface area contributed by atoms with E-state index < -0.39 is 58.9 Å². The van der Waals surface area contributed by atoms with Crippen molar-refractivity contribution < 1.29 is 38.2 Å². The highest BCUT2D eigenvalue weighted by molar-refractivity contribution is 5.95. The Balaban J connectivity index is 1.64. The lowest BCUT2D eigenvalue weighted by Crippen LogP contribution is -2.59. The zero-order valence-corrected chi connectivity index (χ0v) is 32.4. The summed E-state index contributed by atoms with van der Waals surface area (Å²) in [7, 11) is 2.70. The van der Waals surface area contributed by atoms with Crippen LogP contribution in [0.25, 0.3) is 0 Å². The number of nitrogens with zero attached hydrogens (tertiary/aromatic N) is 3. The van der Waals surface area contributed by atoms with Crippen LogP contribution in [0.3, 0.4) is 0 Å². The lowest BCUT2D eigenvalue weighted by molar-refractivity contribution is -0.147. The minimum Gasteiger partial charge on any atom is -0.467 e. The molecule has 2 unspecified atom stereocenters. The summed E-state index contributed by atoms with van der Waals surface area (Å²) in [6.45, 7) is 12.9. The number of amides is 5. The summed E-state index contributed by atoms with van der Waals surface area (Å²) in [5.74, 6) is -2.43. The number of carbonyl (C=O) groups is 6. The maximum absolute atomic E-state index is 14.6. The molecule has 2 aliphatic heterocycles. The van der Waals surface area contributed by atoms with Gasteiger partial charge in [0.15, 0.2) is 0 Å². The van der Waals surface area contributed by atoms with Crippen LogP contribution in [0, 0.1) is 5.41 Å². The Morgan fingerprint density at radius 3 is 2.26 bits per heavy atom. The third-order valence-electron chi connectivity index (χ3n) is 9.75. The summed E-state index contributed by atoms with van der Waals surface area (Å²) in [5, 5.41) is 5.69. The number of hydrogen-bond donors (Lipinski definition) is 2. The van der Waals surface area contributed by atoms with Crippen molar-refractivity contribution in [3.8, 4) is 0 Å². The molecule has 288 valence electrons. The Bertz CT molecular complexity index is 1670. The molecule has 4 rings (SSSR count). The lowest BCUT2D eigenvalue weighted by atomic mass is 9.85. The first-order valence-electron chi connectivity index (χ1n) is 18.1. The Labute approximate surface area is 312 Å². The van der Waals surface area contributed by atoms with E-state index in [2.05, 4.69) is 16.7 Å². The van der Waals surface area contributed by atoms with E-state index in [0.717, 1.165) is 40.0 Å². The number of carbonyl (C=O) groups excluding carboxylic acids is 6. The van der Waals surface area contributed by atoms with Gasteiger partial charge in [0.25, 0.3) is 0 Å². The molecule has 13 nitrogen and oxygen atoms in total. The highest BCUT2D eigenvalue weighted by Gasteiger charge is 2.46. The average Bonchev–Trinajstić information content (AvgIpc) is 3.54. The van der Waals surface area contributed by atoms with Crippen molar-refractivity contribution in [2.75, 3.05) is 27.2 Å². The molecule has 0 spiro atoms. The van der Waals surface area contributed by atoms with Gasteiger partial charge in [-0.2, -0.15) is 0 Å². The number of esters is 1. The molecule has 53 heavy (non-hydrogen) atoms. The molecule has 0 saturated carbocycles. The molecule has 0 radical (unpaired) electrons. The van der Waals surface area contributed by atoms with Gasteiger partial charge >= 0.3 is 12.1 Å². The molecule has 1 fully saturated rings. The van der Waals surface area contributed by atoms with Gasteiger partial charge in [0.05, 0.1) is 7.11 Å². The van der Waals surface area contributed by atoms with Crippen LogP contribution < -0.4 is 10.6 Å². The first-order chi connectivity index (χ1) is 24.8. The van der Waals surface area contributed by atoms with Crippen molar-refractivity contribution in [1.29, 1.82) is 0 Å². The number of hydrogen-bond acceptors (Lipinski definition) is 8. The van der Waals surface area contributed by atoms with E-state index in [-0.39, 0.29) is 37.9 Å². The molecule has 2 heterocycles. The van der Waals surface area contributed by atoms with Crippen LogP contribution in [-0.2, 0) is 52.8 Å². The summed E-state index contributed by atoms with van der Waals surface area (Å²) >= 11 is 0. The van der Waals surface area contributed by atoms with Crippen LogP contribution in [-0.4, -0.2) is 108 Å². The second-order valence-corrected chi connectivity index (χ2v) is 16.3. The first-order valence-corrected chi connectivity index (χ1v) is 18.1. The number of likely N-dealkylation sites (N-methyl/N-ethyl adjacent to an activating group) is 1. The monoisotopic (exact) mass is 733 g/mol. The highest BCUT2D eigenvalue weighted by Crippen LogP contribution is 2.36. The fourth-order valence-electron chi connectivity index (χ4n) is 6.84. The Kier molecular flexibility index (Phi) is 13.0. The van der Waals surface area contributed by atoms with Gasteiger partial charge in [0, 0.05) is 38.5 Å². The fraction of sp³-hybridized carbons (Fsp3) is 0.550. The normalized spacial score (nSPS) is 19.7. The molecule has 2 N–H and O–H groups in total. The standard InChI is InChI=1S/C40H55N5O8/c1-25-17-27-15-16-28(19-29(27)21-44(25)24-46)30-20-32(35(48)41-31(37(50)52-9)18-26-13-11-10-12-14-26)45(22-30)36(49)34(39(2,3)4)42-33(47)23-43(8)38(51)53-40(5,6)7/h10-16,19,24-25,30-32,34H,17-18,20-23H2,1-9H3,(H,41,48)(H,42,47)/t25?,30?,31-,32-,34+/m0/s1. The topological polar surface area (TPSA) is 155 Å². The average molecular weight is 734 g/mol. The summed E-state index contributed by atoms with van der Waals surface area (Å²) in [6.07, 6.45) is 1.34. The van der Waals surface area contributed by atoms with Gasteiger partial charge in [-0.3, -0.25) is 19.2 Å². The molecular weight excluding hydrogens is 678 g/mol. The van der Waals surface area contributed by atoms with Crippen molar-refractivity contribution in [3.63, 3.8) is 0 Å². The van der Waals surface area contributed by atoms with Crippen LogP contribution in [0.4, 0.5) is 4.79 Å². The van der Waals surface area contributed by atoms with Gasteiger partial charge in [-0.15, -0.1) is 0 Å². The van der Waals surface area contributed by atoms with E-state index in [9.17, 15) is 28.8 Å². The second-order valence-electron chi connectivity index (χ2n) is 16.3. The van der Waals surface area contributed by atoms with Gasteiger partial charge in [-0.05, 0) is 68.2 Å². The molecule has 1 saturated heterocycles. The van der Waals surface area contributed by atoms with Crippen LogP contribution in [0.2, 0.25) is 0 Å². The number of rotatable bonds is 11. The van der Waals surface area contributed by atoms with Gasteiger partial charge in [0.2, 0.25) is 24.1 Å². The third-order valence-corrected chi connectivity index (χ3v) is 9.75. The zero-order valence-electron chi connectivity index (χ0n) is 32.4. The van der Waals surface area contributed by atoms with Crippen LogP contribution in [0.1, 0.15) is 83.1 Å². The molecule has 2 aromatic carbocycles. The third kappa shape index (κ3) is 10.6. The van der Waals surface area contributed by atoms with Crippen molar-refractivity contribution in [1.82, 2.24) is 25.3 Å². The Morgan fingerprint density at radius 2 is 1.66 bits per heavy atom. The fourth-order valence-corrected chi connectivity index (χ4v) is 6.84. The van der Waals surface area contributed by atoms with E-state index in [1.54, 1.807) is 25.7 Å². The summed E-state index contributed by atoms with van der Waals surface area (Å²) < 4.78 is 10.4. The zero-order chi connectivity index (χ0) is 39.2. The number of fused-ring (bicyclic) bond motifs is 1. The van der Waals surface area contributed by atoms with Crippen LogP contribution >= 0.6 is 0 Å². The first kappa shape index (κ1) is 40.8. The summed E-state index contributed by atoms with van der Waals surface area (Å²) in [6, 6.07) is 12.4. The van der Waals surface area contributed by atoms with Crippen LogP contribution in [0.5, 0.6) is 0 Å². The Morgan fingerprint density at radius 1 is 0.981 bits per heavy atom. The van der Waals surface area contributed by atoms with E-state index in [0.29, 0.717) is 6.54 Å². The van der Waals surface area contributed by atoms with Gasteiger partial charge in [0.1, 0.15) is 30.3 Å². The molecule has 2 aromatic rings. The number of ether oxygens (including phenoxy) is 2. The van der Waals surface area contributed by atoms with Gasteiger partial charge < -0.3 is 34.8 Å². The van der Waals surface area contributed by atoms with Crippen molar-refractivity contribution in [3.05, 3.63) is 70.8 Å². The molecule has 5 amide bonds. The minimum absolute atomic E-state index is 0.0747. The maximum Gasteiger partial charge on any atom is 0.410 e.